The SMILES string of the molecule is CO[C@H]1O[C@H](CO)[C@@H](OC(=O)c2ccccc2)[C@H](OS(=O)(=O)c2ccc(C)cc2)[C@H]1OS(=O)(=O)c1ccc(C)cc1. The number of aliphatic hydroxyl groups is 1. The van der Waals surface area contributed by atoms with Crippen LogP contribution in [0.1, 0.15) is 21.5 Å². The Bertz CT molecular complexity index is 1540. The van der Waals surface area contributed by atoms with Gasteiger partial charge in [-0.25, -0.2) is 4.79 Å². The molecule has 13 heteroatoms. The van der Waals surface area contributed by atoms with Gasteiger partial charge in [0.1, 0.15) is 12.2 Å². The quantitative estimate of drug-likeness (QED) is 0.268. The minimum absolute atomic E-state index is 0.114. The molecule has 0 radical (unpaired) electrons. The lowest BCUT2D eigenvalue weighted by atomic mass is 9.99. The first kappa shape index (κ1) is 30.8. The third kappa shape index (κ3) is 7.19. The largest absolute Gasteiger partial charge is 0.453 e. The van der Waals surface area contributed by atoms with Gasteiger partial charge in [0.15, 0.2) is 18.5 Å². The van der Waals surface area contributed by atoms with Crippen molar-refractivity contribution in [1.82, 2.24) is 0 Å². The molecular formula is C28H30O11S2. The Morgan fingerprint density at radius 3 is 1.71 bits per heavy atom. The highest BCUT2D eigenvalue weighted by Gasteiger charge is 2.53. The molecule has 0 bridgehead atoms. The molecule has 0 spiro atoms. The van der Waals surface area contributed by atoms with Gasteiger partial charge in [0.2, 0.25) is 0 Å². The molecule has 11 nitrogen and oxygen atoms in total. The molecule has 0 saturated carbocycles. The first-order valence-corrected chi connectivity index (χ1v) is 15.3. The van der Waals surface area contributed by atoms with Gasteiger partial charge in [-0.1, -0.05) is 53.6 Å². The molecule has 1 aliphatic rings. The number of carbonyl (C=O) groups excluding carboxylic acids is 1. The number of aryl methyl sites for hydroxylation is 2. The van der Waals surface area contributed by atoms with E-state index in [2.05, 4.69) is 0 Å². The molecular weight excluding hydrogens is 576 g/mol. The predicted octanol–water partition coefficient (Wildman–Crippen LogP) is 2.74. The highest BCUT2D eigenvalue weighted by molar-refractivity contribution is 7.87. The zero-order chi connectivity index (χ0) is 29.8. The lowest BCUT2D eigenvalue weighted by molar-refractivity contribution is -0.282. The van der Waals surface area contributed by atoms with Crippen LogP contribution in [0.5, 0.6) is 0 Å². The van der Waals surface area contributed by atoms with E-state index in [4.69, 9.17) is 22.6 Å². The number of rotatable bonds is 10. The summed E-state index contributed by atoms with van der Waals surface area (Å²) in [6, 6.07) is 19.3. The fraction of sp³-hybridized carbons (Fsp3) is 0.321. The van der Waals surface area contributed by atoms with Crippen LogP contribution in [-0.4, -0.2) is 72.3 Å². The zero-order valence-corrected chi connectivity index (χ0v) is 24.1. The summed E-state index contributed by atoms with van der Waals surface area (Å²) >= 11 is 0. The van der Waals surface area contributed by atoms with Gasteiger partial charge in [0.25, 0.3) is 20.2 Å². The van der Waals surface area contributed by atoms with Crippen LogP contribution < -0.4 is 0 Å². The summed E-state index contributed by atoms with van der Waals surface area (Å²) in [6.07, 6.45) is -8.17. The Morgan fingerprint density at radius 2 is 1.24 bits per heavy atom. The smallest absolute Gasteiger partial charge is 0.338 e. The molecule has 4 rings (SSSR count). The maximum atomic E-state index is 13.4. The summed E-state index contributed by atoms with van der Waals surface area (Å²) < 4.78 is 81.1. The van der Waals surface area contributed by atoms with E-state index < -0.39 is 63.5 Å². The van der Waals surface area contributed by atoms with Crippen molar-refractivity contribution >= 4 is 26.2 Å². The van der Waals surface area contributed by atoms with Crippen molar-refractivity contribution in [1.29, 1.82) is 0 Å². The van der Waals surface area contributed by atoms with Gasteiger partial charge in [-0.3, -0.25) is 8.37 Å². The molecule has 1 saturated heterocycles. The molecule has 220 valence electrons. The predicted molar refractivity (Wildman–Crippen MR) is 145 cm³/mol. The van der Waals surface area contributed by atoms with E-state index in [9.17, 15) is 26.7 Å². The normalized spacial score (nSPS) is 23.2. The fourth-order valence-electron chi connectivity index (χ4n) is 4.15. The van der Waals surface area contributed by atoms with Crippen LogP contribution in [-0.2, 0) is 42.8 Å². The van der Waals surface area contributed by atoms with Crippen molar-refractivity contribution < 1.29 is 49.3 Å². The van der Waals surface area contributed by atoms with Gasteiger partial charge in [0.05, 0.1) is 22.0 Å². The van der Waals surface area contributed by atoms with Gasteiger partial charge >= 0.3 is 5.97 Å². The van der Waals surface area contributed by atoms with Crippen molar-refractivity contribution in [2.24, 2.45) is 0 Å². The number of aliphatic hydroxyl groups excluding tert-OH is 1. The number of benzene rings is 3. The van der Waals surface area contributed by atoms with Crippen LogP contribution in [0.15, 0.2) is 88.7 Å². The molecule has 1 fully saturated rings. The number of hydrogen-bond donors (Lipinski definition) is 1. The first-order chi connectivity index (χ1) is 19.4. The molecule has 5 atom stereocenters. The molecule has 3 aromatic carbocycles. The van der Waals surface area contributed by atoms with Crippen LogP contribution in [0.4, 0.5) is 0 Å². The summed E-state index contributed by atoms with van der Waals surface area (Å²) in [4.78, 5) is 12.6. The Kier molecular flexibility index (Phi) is 9.59. The summed E-state index contributed by atoms with van der Waals surface area (Å²) in [7, 11) is -7.96. The Labute approximate surface area is 238 Å². The standard InChI is InChI=1S/C28H30O11S2/c1-18-9-13-21(14-10-18)40(31,32)38-25-24(37-27(30)20-7-5-4-6-8-20)23(17-29)36-28(35-3)26(25)39-41(33,34)22-15-11-19(2)12-16-22/h4-16,23-26,28-29H,17H2,1-3H3/t23-,24-,25+,26-,28+/m1/s1. The molecule has 3 aromatic rings. The van der Waals surface area contributed by atoms with Crippen molar-refractivity contribution in [3.05, 3.63) is 95.6 Å². The van der Waals surface area contributed by atoms with Crippen LogP contribution in [0.25, 0.3) is 0 Å². The van der Waals surface area contributed by atoms with Crippen molar-refractivity contribution in [3.63, 3.8) is 0 Å². The lowest BCUT2D eigenvalue weighted by Gasteiger charge is -2.43. The van der Waals surface area contributed by atoms with Gasteiger partial charge in [-0.05, 0) is 50.2 Å². The summed E-state index contributed by atoms with van der Waals surface area (Å²) in [5.74, 6) is -0.894. The van der Waals surface area contributed by atoms with Gasteiger partial charge in [0, 0.05) is 7.11 Å². The number of esters is 1. The van der Waals surface area contributed by atoms with Gasteiger partial charge < -0.3 is 19.3 Å². The third-order valence-corrected chi connectivity index (χ3v) is 9.00. The van der Waals surface area contributed by atoms with E-state index in [0.717, 1.165) is 11.1 Å². The van der Waals surface area contributed by atoms with E-state index in [1.54, 1.807) is 56.3 Å². The van der Waals surface area contributed by atoms with Crippen LogP contribution in [0, 0.1) is 13.8 Å². The van der Waals surface area contributed by atoms with Crippen molar-refractivity contribution in [2.75, 3.05) is 13.7 Å². The Hall–Kier alpha value is -3.17. The number of methoxy groups -OCH3 is 1. The second-order valence-corrected chi connectivity index (χ2v) is 12.5. The monoisotopic (exact) mass is 606 g/mol. The lowest BCUT2D eigenvalue weighted by Crippen LogP contribution is -2.62. The number of hydrogen-bond acceptors (Lipinski definition) is 11. The van der Waals surface area contributed by atoms with Gasteiger partial charge in [-0.15, -0.1) is 0 Å². The zero-order valence-electron chi connectivity index (χ0n) is 22.4. The number of ether oxygens (including phenoxy) is 3. The molecule has 1 aliphatic heterocycles. The topological polar surface area (TPSA) is 152 Å². The van der Waals surface area contributed by atoms with E-state index in [1.165, 1.54) is 43.5 Å². The second kappa shape index (κ2) is 12.8. The second-order valence-electron chi connectivity index (χ2n) is 9.35. The van der Waals surface area contributed by atoms with Crippen LogP contribution in [0.3, 0.4) is 0 Å². The first-order valence-electron chi connectivity index (χ1n) is 12.5. The molecule has 0 amide bonds. The average Bonchev–Trinajstić information content (AvgIpc) is 2.95. The highest BCUT2D eigenvalue weighted by atomic mass is 32.2. The molecule has 0 aromatic heterocycles. The van der Waals surface area contributed by atoms with Crippen LogP contribution in [0.2, 0.25) is 0 Å². The summed E-state index contributed by atoms with van der Waals surface area (Å²) in [5, 5.41) is 10.1. The third-order valence-electron chi connectivity index (χ3n) is 6.35. The van der Waals surface area contributed by atoms with E-state index in [1.807, 2.05) is 0 Å². The Balaban J connectivity index is 1.78. The minimum atomic E-state index is -4.59. The van der Waals surface area contributed by atoms with Crippen molar-refractivity contribution in [2.45, 2.75) is 54.3 Å². The van der Waals surface area contributed by atoms with Gasteiger partial charge in [-0.2, -0.15) is 16.8 Å². The maximum absolute atomic E-state index is 13.4. The highest BCUT2D eigenvalue weighted by Crippen LogP contribution is 2.33. The van der Waals surface area contributed by atoms with Crippen LogP contribution >= 0.6 is 0 Å². The minimum Gasteiger partial charge on any atom is -0.453 e. The fourth-order valence-corrected chi connectivity index (χ4v) is 6.31. The molecule has 1 N–H and O–H groups in total. The average molecular weight is 607 g/mol. The number of carbonyl (C=O) groups is 1. The van der Waals surface area contributed by atoms with E-state index >= 15 is 0 Å². The molecule has 0 unspecified atom stereocenters. The Morgan fingerprint density at radius 1 is 0.756 bits per heavy atom. The summed E-state index contributed by atoms with van der Waals surface area (Å²) in [5.41, 5.74) is 1.70. The maximum Gasteiger partial charge on any atom is 0.338 e. The molecule has 0 aliphatic carbocycles. The van der Waals surface area contributed by atoms with E-state index in [-0.39, 0.29) is 15.4 Å². The van der Waals surface area contributed by atoms with E-state index in [0.29, 0.717) is 0 Å². The van der Waals surface area contributed by atoms with Crippen molar-refractivity contribution in [3.8, 4) is 0 Å². The summed E-state index contributed by atoms with van der Waals surface area (Å²) in [6.45, 7) is 2.78. The molecule has 1 heterocycles. The molecule has 41 heavy (non-hydrogen) atoms.